The van der Waals surface area contributed by atoms with Gasteiger partial charge in [-0.3, -0.25) is 9.59 Å². The van der Waals surface area contributed by atoms with Crippen LogP contribution < -0.4 is 5.32 Å². The number of halogens is 1. The number of ether oxygens (including phenoxy) is 1. The number of aromatic nitrogens is 1. The molecule has 2 N–H and O–H groups in total. The van der Waals surface area contributed by atoms with Crippen LogP contribution >= 0.6 is 11.6 Å². The van der Waals surface area contributed by atoms with Crippen LogP contribution in [-0.4, -0.2) is 41.7 Å². The minimum Gasteiger partial charge on any atom is -0.481 e. The summed E-state index contributed by atoms with van der Waals surface area (Å²) in [4.78, 5) is 25.6. The first-order valence-corrected chi connectivity index (χ1v) is 5.67. The van der Waals surface area contributed by atoms with E-state index in [4.69, 9.17) is 21.4 Å². The van der Waals surface area contributed by atoms with Crippen molar-refractivity contribution in [3.05, 3.63) is 29.0 Å². The molecule has 6 nitrogen and oxygen atoms in total. The summed E-state index contributed by atoms with van der Waals surface area (Å²) in [6, 6.07) is 3.18. The number of amides is 1. The SMILES string of the molecule is O=C(O)CCOCCNC(=O)c1cccnc1Cl. The number of carbonyl (C=O) groups is 2. The van der Waals surface area contributed by atoms with E-state index in [0.29, 0.717) is 5.56 Å². The molecule has 0 aliphatic carbocycles. The molecule has 0 bridgehead atoms. The second-order valence-corrected chi connectivity index (χ2v) is 3.71. The first-order valence-electron chi connectivity index (χ1n) is 5.29. The van der Waals surface area contributed by atoms with Crippen molar-refractivity contribution in [2.45, 2.75) is 6.42 Å². The molecule has 1 aromatic rings. The van der Waals surface area contributed by atoms with Gasteiger partial charge in [-0.25, -0.2) is 4.98 Å². The van der Waals surface area contributed by atoms with Crippen molar-refractivity contribution in [3.63, 3.8) is 0 Å². The zero-order valence-corrected chi connectivity index (χ0v) is 10.3. The molecule has 1 aromatic heterocycles. The van der Waals surface area contributed by atoms with Gasteiger partial charge in [-0.05, 0) is 12.1 Å². The largest absolute Gasteiger partial charge is 0.481 e. The van der Waals surface area contributed by atoms with Crippen molar-refractivity contribution in [1.82, 2.24) is 10.3 Å². The van der Waals surface area contributed by atoms with Gasteiger partial charge in [-0.15, -0.1) is 0 Å². The smallest absolute Gasteiger partial charge is 0.305 e. The number of carboxylic acid groups (broad SMARTS) is 1. The summed E-state index contributed by atoms with van der Waals surface area (Å²) in [6.45, 7) is 0.652. The summed E-state index contributed by atoms with van der Waals surface area (Å²) in [7, 11) is 0. The van der Waals surface area contributed by atoms with Crippen LogP contribution in [-0.2, 0) is 9.53 Å². The van der Waals surface area contributed by atoms with Gasteiger partial charge >= 0.3 is 5.97 Å². The maximum Gasteiger partial charge on any atom is 0.305 e. The summed E-state index contributed by atoms with van der Waals surface area (Å²) < 4.78 is 5.02. The Morgan fingerprint density at radius 2 is 2.22 bits per heavy atom. The summed E-state index contributed by atoms with van der Waals surface area (Å²) in [5, 5.41) is 11.1. The van der Waals surface area contributed by atoms with E-state index in [1.165, 1.54) is 6.20 Å². The molecule has 0 aliphatic rings. The van der Waals surface area contributed by atoms with E-state index in [0.717, 1.165) is 0 Å². The van der Waals surface area contributed by atoms with E-state index in [2.05, 4.69) is 10.3 Å². The van der Waals surface area contributed by atoms with Gasteiger partial charge in [0.2, 0.25) is 0 Å². The van der Waals surface area contributed by atoms with Crippen LogP contribution in [0.25, 0.3) is 0 Å². The van der Waals surface area contributed by atoms with Gasteiger partial charge < -0.3 is 15.2 Å². The Morgan fingerprint density at radius 1 is 1.44 bits per heavy atom. The van der Waals surface area contributed by atoms with Crippen molar-refractivity contribution < 1.29 is 19.4 Å². The summed E-state index contributed by atoms with van der Waals surface area (Å²) >= 11 is 5.75. The van der Waals surface area contributed by atoms with E-state index >= 15 is 0 Å². The van der Waals surface area contributed by atoms with Crippen LogP contribution in [0.4, 0.5) is 0 Å². The number of nitrogens with one attached hydrogen (secondary N) is 1. The van der Waals surface area contributed by atoms with Gasteiger partial charge in [0.15, 0.2) is 0 Å². The Morgan fingerprint density at radius 3 is 2.89 bits per heavy atom. The van der Waals surface area contributed by atoms with Crippen molar-refractivity contribution in [3.8, 4) is 0 Å². The third-order valence-corrected chi connectivity index (χ3v) is 2.30. The van der Waals surface area contributed by atoms with E-state index < -0.39 is 5.97 Å². The number of hydrogen-bond donors (Lipinski definition) is 2. The van der Waals surface area contributed by atoms with Crippen LogP contribution in [0.3, 0.4) is 0 Å². The molecule has 7 heteroatoms. The van der Waals surface area contributed by atoms with Crippen molar-refractivity contribution in [2.75, 3.05) is 19.8 Å². The molecule has 0 atom stereocenters. The Labute approximate surface area is 109 Å². The molecule has 1 heterocycles. The number of pyridine rings is 1. The van der Waals surface area contributed by atoms with Gasteiger partial charge in [0.25, 0.3) is 5.91 Å². The molecule has 1 amide bonds. The molecule has 0 unspecified atom stereocenters. The monoisotopic (exact) mass is 272 g/mol. The molecule has 0 radical (unpaired) electrons. The summed E-state index contributed by atoms with van der Waals surface area (Å²) in [6.07, 6.45) is 1.44. The molecule has 0 saturated carbocycles. The highest BCUT2D eigenvalue weighted by molar-refractivity contribution is 6.32. The third-order valence-electron chi connectivity index (χ3n) is 2.00. The fourth-order valence-electron chi connectivity index (χ4n) is 1.15. The maximum absolute atomic E-state index is 11.6. The molecule has 98 valence electrons. The number of hydrogen-bond acceptors (Lipinski definition) is 4. The Bertz CT molecular complexity index is 425. The second kappa shape index (κ2) is 7.62. The zero-order valence-electron chi connectivity index (χ0n) is 9.56. The summed E-state index contributed by atoms with van der Waals surface area (Å²) in [5.41, 5.74) is 0.296. The number of carbonyl (C=O) groups excluding carboxylic acids is 1. The fraction of sp³-hybridized carbons (Fsp3) is 0.364. The first-order chi connectivity index (χ1) is 8.61. The number of aliphatic carboxylic acids is 1. The molecular weight excluding hydrogens is 260 g/mol. The zero-order chi connectivity index (χ0) is 13.4. The van der Waals surface area contributed by atoms with Crippen LogP contribution in [0.15, 0.2) is 18.3 Å². The molecule has 0 spiro atoms. The Kier molecular flexibility index (Phi) is 6.10. The van der Waals surface area contributed by atoms with E-state index in [1.54, 1.807) is 12.1 Å². The third kappa shape index (κ3) is 5.11. The molecule has 0 saturated heterocycles. The lowest BCUT2D eigenvalue weighted by Gasteiger charge is -2.06. The van der Waals surface area contributed by atoms with Crippen molar-refractivity contribution in [2.24, 2.45) is 0 Å². The second-order valence-electron chi connectivity index (χ2n) is 3.35. The predicted molar refractivity (Wildman–Crippen MR) is 64.7 cm³/mol. The maximum atomic E-state index is 11.6. The van der Waals surface area contributed by atoms with Gasteiger partial charge in [-0.1, -0.05) is 11.6 Å². The molecule has 1 rings (SSSR count). The fourth-order valence-corrected chi connectivity index (χ4v) is 1.35. The minimum atomic E-state index is -0.916. The topological polar surface area (TPSA) is 88.5 Å². The van der Waals surface area contributed by atoms with E-state index in [1.807, 2.05) is 0 Å². The average molecular weight is 273 g/mol. The van der Waals surface area contributed by atoms with Crippen LogP contribution in [0.1, 0.15) is 16.8 Å². The quantitative estimate of drug-likeness (QED) is 0.570. The summed E-state index contributed by atoms with van der Waals surface area (Å²) in [5.74, 6) is -1.25. The predicted octanol–water partition coefficient (Wildman–Crippen LogP) is 0.956. The lowest BCUT2D eigenvalue weighted by Crippen LogP contribution is -2.27. The first kappa shape index (κ1) is 14.4. The standard InChI is InChI=1S/C11H13ClN2O4/c12-10-8(2-1-4-13-10)11(17)14-5-7-18-6-3-9(15)16/h1-2,4H,3,5-7H2,(H,14,17)(H,15,16). The highest BCUT2D eigenvalue weighted by Crippen LogP contribution is 2.10. The number of carboxylic acids is 1. The average Bonchev–Trinajstić information content (AvgIpc) is 2.33. The lowest BCUT2D eigenvalue weighted by molar-refractivity contribution is -0.138. The van der Waals surface area contributed by atoms with Gasteiger partial charge in [0.05, 0.1) is 25.2 Å². The van der Waals surface area contributed by atoms with E-state index in [9.17, 15) is 9.59 Å². The van der Waals surface area contributed by atoms with Crippen molar-refractivity contribution >= 4 is 23.5 Å². The van der Waals surface area contributed by atoms with Crippen LogP contribution in [0, 0.1) is 0 Å². The van der Waals surface area contributed by atoms with Gasteiger partial charge in [0, 0.05) is 12.7 Å². The van der Waals surface area contributed by atoms with Gasteiger partial charge in [0.1, 0.15) is 5.15 Å². The van der Waals surface area contributed by atoms with Crippen LogP contribution in [0.5, 0.6) is 0 Å². The van der Waals surface area contributed by atoms with Gasteiger partial charge in [-0.2, -0.15) is 0 Å². The molecule has 0 aromatic carbocycles. The molecule has 0 fully saturated rings. The number of rotatable bonds is 7. The Balaban J connectivity index is 2.22. The molecule has 0 aliphatic heterocycles. The molecule has 18 heavy (non-hydrogen) atoms. The van der Waals surface area contributed by atoms with Crippen LogP contribution in [0.2, 0.25) is 5.15 Å². The highest BCUT2D eigenvalue weighted by atomic mass is 35.5. The van der Waals surface area contributed by atoms with Crippen molar-refractivity contribution in [1.29, 1.82) is 0 Å². The highest BCUT2D eigenvalue weighted by Gasteiger charge is 2.09. The molecular formula is C11H13ClN2O4. The Hall–Kier alpha value is -1.66. The minimum absolute atomic E-state index is 0.0532. The normalized spacial score (nSPS) is 10.1. The lowest BCUT2D eigenvalue weighted by atomic mass is 10.3. The van der Waals surface area contributed by atoms with E-state index in [-0.39, 0.29) is 37.2 Å². The number of nitrogens with zero attached hydrogens (tertiary/aromatic N) is 1.